The molecule has 2 heterocycles. The zero-order chi connectivity index (χ0) is 30.8. The van der Waals surface area contributed by atoms with Crippen LogP contribution in [0.5, 0.6) is 11.5 Å². The van der Waals surface area contributed by atoms with Crippen molar-refractivity contribution in [3.05, 3.63) is 45.8 Å². The number of nitro benzene ring substituents is 1. The number of thioether (sulfide) groups is 2. The van der Waals surface area contributed by atoms with E-state index in [1.54, 1.807) is 46.2 Å². The fourth-order valence-corrected chi connectivity index (χ4v) is 7.67. The molecule has 42 heavy (non-hydrogen) atoms. The summed E-state index contributed by atoms with van der Waals surface area (Å²) in [6.07, 6.45) is 3.71. The van der Waals surface area contributed by atoms with Gasteiger partial charge in [0.2, 0.25) is 5.91 Å². The summed E-state index contributed by atoms with van der Waals surface area (Å²) < 4.78 is 17.7. The number of rotatable bonds is 15. The third kappa shape index (κ3) is 8.12. The molecule has 1 aromatic carbocycles. The number of hydrogen-bond acceptors (Lipinski definition) is 10. The number of benzene rings is 1. The first-order valence-electron chi connectivity index (χ1n) is 13.7. The van der Waals surface area contributed by atoms with Gasteiger partial charge in [0.05, 0.1) is 48.1 Å². The van der Waals surface area contributed by atoms with Crippen LogP contribution in [0, 0.1) is 10.1 Å². The third-order valence-electron chi connectivity index (χ3n) is 6.73. The molecule has 230 valence electrons. The van der Waals surface area contributed by atoms with Gasteiger partial charge in [0.1, 0.15) is 11.3 Å². The summed E-state index contributed by atoms with van der Waals surface area (Å²) in [6.45, 7) is 4.79. The molecule has 12 nitrogen and oxygen atoms in total. The van der Waals surface area contributed by atoms with E-state index in [1.165, 1.54) is 32.4 Å². The van der Waals surface area contributed by atoms with Crippen molar-refractivity contribution in [3.8, 4) is 11.5 Å². The van der Waals surface area contributed by atoms with Crippen LogP contribution >= 0.6 is 23.5 Å². The van der Waals surface area contributed by atoms with E-state index in [2.05, 4.69) is 19.2 Å². The smallest absolute Gasteiger partial charge is 0.354 e. The molecule has 0 spiro atoms. The van der Waals surface area contributed by atoms with Crippen molar-refractivity contribution in [2.24, 2.45) is 7.05 Å². The molecule has 1 N–H and O–H groups in total. The van der Waals surface area contributed by atoms with E-state index in [0.717, 1.165) is 24.3 Å². The predicted octanol–water partition coefficient (Wildman–Crippen LogP) is 4.96. The van der Waals surface area contributed by atoms with Gasteiger partial charge >= 0.3 is 5.97 Å². The van der Waals surface area contributed by atoms with Gasteiger partial charge in [-0.15, -0.1) is 23.5 Å². The largest absolute Gasteiger partial charge is 0.493 e. The van der Waals surface area contributed by atoms with Crippen molar-refractivity contribution < 1.29 is 33.5 Å². The Bertz CT molecular complexity index is 1280. The van der Waals surface area contributed by atoms with Crippen molar-refractivity contribution in [2.45, 2.75) is 50.2 Å². The molecule has 1 aliphatic rings. The molecule has 1 saturated heterocycles. The summed E-state index contributed by atoms with van der Waals surface area (Å²) in [5.74, 6) is 0.955. The molecule has 1 aliphatic heterocycles. The van der Waals surface area contributed by atoms with Gasteiger partial charge in [0.15, 0.2) is 11.5 Å². The summed E-state index contributed by atoms with van der Waals surface area (Å²) in [5, 5.41) is 14.8. The standard InChI is InChI=1S/C28H38N4O8S2/c1-6-41-28(42-7-2)20-10-8-12-31(20)26(34)19-15-23(38-4)24(16-21(19)32(36)37)40-13-9-11-25(33)29-18-14-22(27(35)39-5)30(3)17-18/h14-17,20,28H,6-13H2,1-5H3,(H,29,33)/t20-/m0/s1. The van der Waals surface area contributed by atoms with E-state index in [9.17, 15) is 24.5 Å². The van der Waals surface area contributed by atoms with Gasteiger partial charge < -0.3 is 29.0 Å². The van der Waals surface area contributed by atoms with Gasteiger partial charge in [0.25, 0.3) is 11.6 Å². The maximum atomic E-state index is 13.7. The Kier molecular flexibility index (Phi) is 12.4. The fraction of sp³-hybridized carbons (Fsp3) is 0.536. The monoisotopic (exact) mass is 622 g/mol. The minimum absolute atomic E-state index is 0.0111. The minimum Gasteiger partial charge on any atom is -0.493 e. The van der Waals surface area contributed by atoms with Crippen LogP contribution in [0.1, 0.15) is 60.4 Å². The van der Waals surface area contributed by atoms with E-state index in [-0.39, 0.29) is 58.2 Å². The molecule has 2 amide bonds. The van der Waals surface area contributed by atoms with Gasteiger partial charge in [-0.3, -0.25) is 19.7 Å². The highest BCUT2D eigenvalue weighted by molar-refractivity contribution is 8.17. The number of carbonyl (C=O) groups excluding carboxylic acids is 3. The van der Waals surface area contributed by atoms with Crippen molar-refractivity contribution in [3.63, 3.8) is 0 Å². The highest BCUT2D eigenvalue weighted by atomic mass is 32.2. The average molecular weight is 623 g/mol. The Morgan fingerprint density at radius 3 is 2.48 bits per heavy atom. The lowest BCUT2D eigenvalue weighted by atomic mass is 10.1. The van der Waals surface area contributed by atoms with Crippen LogP contribution in [0.3, 0.4) is 0 Å². The second-order valence-corrected chi connectivity index (χ2v) is 12.6. The van der Waals surface area contributed by atoms with E-state index < -0.39 is 10.9 Å². The van der Waals surface area contributed by atoms with Crippen molar-refractivity contribution >= 4 is 52.7 Å². The fourth-order valence-electron chi connectivity index (χ4n) is 4.80. The van der Waals surface area contributed by atoms with Crippen molar-refractivity contribution in [1.29, 1.82) is 0 Å². The molecule has 1 atom stereocenters. The number of esters is 1. The summed E-state index contributed by atoms with van der Waals surface area (Å²) in [4.78, 5) is 51.1. The van der Waals surface area contributed by atoms with Crippen molar-refractivity contribution in [1.82, 2.24) is 9.47 Å². The lowest BCUT2D eigenvalue weighted by molar-refractivity contribution is -0.385. The molecule has 0 aliphatic carbocycles. The SMILES string of the molecule is CCSC(SCC)[C@@H]1CCCN1C(=O)c1cc(OC)c(OCCCC(=O)Nc2cc(C(=O)OC)n(C)c2)cc1[N+](=O)[O-]. The maximum Gasteiger partial charge on any atom is 0.354 e. The van der Waals surface area contributed by atoms with Gasteiger partial charge in [-0.25, -0.2) is 4.79 Å². The van der Waals surface area contributed by atoms with Gasteiger partial charge in [-0.2, -0.15) is 0 Å². The molecule has 0 bridgehead atoms. The van der Waals surface area contributed by atoms with E-state index in [0.29, 0.717) is 24.3 Å². The maximum absolute atomic E-state index is 13.7. The first-order valence-corrected chi connectivity index (χ1v) is 15.8. The van der Waals surface area contributed by atoms with E-state index >= 15 is 0 Å². The number of ether oxygens (including phenoxy) is 3. The van der Waals surface area contributed by atoms with E-state index in [1.807, 2.05) is 0 Å². The highest BCUT2D eigenvalue weighted by Gasteiger charge is 2.38. The number of anilines is 1. The Morgan fingerprint density at radius 2 is 1.86 bits per heavy atom. The van der Waals surface area contributed by atoms with Crippen LogP contribution in [0.25, 0.3) is 0 Å². The number of likely N-dealkylation sites (tertiary alicyclic amines) is 1. The number of aromatic nitrogens is 1. The van der Waals surface area contributed by atoms with Crippen LogP contribution in [0.4, 0.5) is 11.4 Å². The van der Waals surface area contributed by atoms with E-state index in [4.69, 9.17) is 14.2 Å². The number of methoxy groups -OCH3 is 2. The van der Waals surface area contributed by atoms with Crippen LogP contribution in [0.15, 0.2) is 24.4 Å². The predicted molar refractivity (Wildman–Crippen MR) is 164 cm³/mol. The summed E-state index contributed by atoms with van der Waals surface area (Å²) in [5.41, 5.74) is 0.361. The lowest BCUT2D eigenvalue weighted by Crippen LogP contribution is -2.41. The Morgan fingerprint density at radius 1 is 1.14 bits per heavy atom. The number of nitro groups is 1. The summed E-state index contributed by atoms with van der Waals surface area (Å²) in [7, 11) is 4.35. The zero-order valence-electron chi connectivity index (χ0n) is 24.5. The zero-order valence-corrected chi connectivity index (χ0v) is 26.2. The van der Waals surface area contributed by atoms with Gasteiger partial charge in [-0.05, 0) is 36.8 Å². The molecule has 2 aromatic rings. The summed E-state index contributed by atoms with van der Waals surface area (Å²) >= 11 is 3.59. The molecule has 1 aromatic heterocycles. The number of amides is 2. The van der Waals surface area contributed by atoms with Crippen molar-refractivity contribution in [2.75, 3.05) is 44.2 Å². The Balaban J connectivity index is 1.68. The first kappa shape index (κ1) is 33.1. The van der Waals surface area contributed by atoms with Crippen LogP contribution in [0.2, 0.25) is 0 Å². The average Bonchev–Trinajstić information content (AvgIpc) is 3.60. The molecular formula is C28H38N4O8S2. The number of carbonyl (C=O) groups is 3. The number of aryl methyl sites for hydroxylation is 1. The van der Waals surface area contributed by atoms with Crippen LogP contribution < -0.4 is 14.8 Å². The first-order chi connectivity index (χ1) is 20.1. The Labute approximate surface area is 254 Å². The summed E-state index contributed by atoms with van der Waals surface area (Å²) in [6, 6.07) is 4.10. The quantitative estimate of drug-likeness (QED) is 0.0952. The molecular weight excluding hydrogens is 584 g/mol. The molecule has 0 radical (unpaired) electrons. The van der Waals surface area contributed by atoms with Gasteiger partial charge in [0, 0.05) is 32.3 Å². The second-order valence-electron chi connectivity index (χ2n) is 9.48. The number of nitrogens with one attached hydrogen (secondary N) is 1. The van der Waals surface area contributed by atoms with Gasteiger partial charge in [-0.1, -0.05) is 13.8 Å². The normalized spacial score (nSPS) is 14.6. The third-order valence-corrected chi connectivity index (χ3v) is 9.50. The molecule has 14 heteroatoms. The highest BCUT2D eigenvalue weighted by Crippen LogP contribution is 2.39. The molecule has 1 fully saturated rings. The lowest BCUT2D eigenvalue weighted by Gasteiger charge is -2.31. The Hall–Kier alpha value is -3.39. The minimum atomic E-state index is -0.584. The second kappa shape index (κ2) is 15.7. The number of hydrogen-bond donors (Lipinski definition) is 1. The molecule has 0 saturated carbocycles. The van der Waals surface area contributed by atoms with Crippen LogP contribution in [-0.4, -0.2) is 81.7 Å². The number of nitrogens with zero attached hydrogens (tertiary/aromatic N) is 3. The van der Waals surface area contributed by atoms with Crippen LogP contribution in [-0.2, 0) is 16.6 Å². The molecule has 3 rings (SSSR count). The topological polar surface area (TPSA) is 142 Å². The molecule has 0 unspecified atom stereocenters.